The Kier molecular flexibility index (Phi) is 5.50. The highest BCUT2D eigenvalue weighted by Crippen LogP contribution is 2.53. The topological polar surface area (TPSA) is 29.9 Å². The van der Waals surface area contributed by atoms with Crippen molar-refractivity contribution >= 4 is 33.0 Å². The second-order valence-corrected chi connectivity index (χ2v) is 13.7. The van der Waals surface area contributed by atoms with Crippen molar-refractivity contribution in [2.75, 3.05) is 0 Å². The van der Waals surface area contributed by atoms with Gasteiger partial charge in [0.15, 0.2) is 11.8 Å². The van der Waals surface area contributed by atoms with Gasteiger partial charge in [-0.1, -0.05) is 77.3 Å². The fourth-order valence-electron chi connectivity index (χ4n) is 7.82. The third-order valence-electron chi connectivity index (χ3n) is 10.0. The Morgan fingerprint density at radius 3 is 2.36 bits per heavy atom. The van der Waals surface area contributed by atoms with E-state index in [-0.39, 0.29) is 10.8 Å². The molecule has 39 heavy (non-hydrogen) atoms. The van der Waals surface area contributed by atoms with Crippen LogP contribution in [0.2, 0.25) is 0 Å². The van der Waals surface area contributed by atoms with Crippen LogP contribution in [0, 0.1) is 6.92 Å². The summed E-state index contributed by atoms with van der Waals surface area (Å²) in [6, 6.07) is 15.1. The van der Waals surface area contributed by atoms with Crippen molar-refractivity contribution in [1.29, 1.82) is 0 Å². The number of pyridine rings is 2. The number of benzene rings is 2. The lowest BCUT2D eigenvalue weighted by atomic mass is 9.60. The number of nitrogens with zero attached hydrogens (tertiary/aromatic N) is 2. The molecular weight excluding hydrogens is 476 g/mol. The van der Waals surface area contributed by atoms with Crippen molar-refractivity contribution in [3.05, 3.63) is 70.9 Å². The largest absolute Gasteiger partial charge is 0.437 e. The van der Waals surface area contributed by atoms with Crippen LogP contribution < -0.4 is 4.57 Å². The molecule has 2 aromatic carbocycles. The van der Waals surface area contributed by atoms with Crippen LogP contribution in [-0.4, -0.2) is 4.98 Å². The van der Waals surface area contributed by atoms with Gasteiger partial charge in [0.25, 0.3) is 0 Å². The zero-order valence-electron chi connectivity index (χ0n) is 24.4. The highest BCUT2D eigenvalue weighted by atomic mass is 16.3. The van der Waals surface area contributed by atoms with Gasteiger partial charge in [0.1, 0.15) is 7.05 Å². The van der Waals surface area contributed by atoms with Crippen molar-refractivity contribution in [1.82, 2.24) is 4.98 Å². The van der Waals surface area contributed by atoms with Crippen LogP contribution in [-0.2, 0) is 17.9 Å². The molecule has 2 aliphatic rings. The molecule has 3 heteroatoms. The minimum atomic E-state index is 0.0795. The molecule has 3 nitrogen and oxygen atoms in total. The number of para-hydroxylation sites is 1. The first-order valence-corrected chi connectivity index (χ1v) is 15.0. The molecule has 3 aromatic heterocycles. The van der Waals surface area contributed by atoms with Crippen LogP contribution in [0.4, 0.5) is 0 Å². The Balaban J connectivity index is 1.58. The molecule has 0 amide bonds. The summed E-state index contributed by atoms with van der Waals surface area (Å²) in [5.41, 5.74) is 11.5. The molecule has 0 bridgehead atoms. The van der Waals surface area contributed by atoms with E-state index in [0.717, 1.165) is 33.0 Å². The average Bonchev–Trinajstić information content (AvgIpc) is 3.27. The minimum absolute atomic E-state index is 0.0795. The average molecular weight is 518 g/mol. The van der Waals surface area contributed by atoms with Crippen LogP contribution >= 0.6 is 0 Å². The molecule has 0 atom stereocenters. The van der Waals surface area contributed by atoms with Crippen LogP contribution in [0.1, 0.15) is 101 Å². The van der Waals surface area contributed by atoms with Crippen molar-refractivity contribution < 1.29 is 8.98 Å². The van der Waals surface area contributed by atoms with E-state index in [0.29, 0.717) is 5.92 Å². The van der Waals surface area contributed by atoms with Gasteiger partial charge < -0.3 is 4.42 Å². The predicted octanol–water partition coefficient (Wildman–Crippen LogP) is 9.33. The van der Waals surface area contributed by atoms with Crippen LogP contribution in [0.5, 0.6) is 0 Å². The van der Waals surface area contributed by atoms with Crippen LogP contribution in [0.15, 0.2) is 53.1 Å². The Hall–Kier alpha value is -3.20. The number of hydrogen-bond donors (Lipinski definition) is 0. The summed E-state index contributed by atoms with van der Waals surface area (Å²) in [6.07, 6.45) is 11.6. The fourth-order valence-corrected chi connectivity index (χ4v) is 7.82. The van der Waals surface area contributed by atoms with E-state index in [1.165, 1.54) is 61.8 Å². The molecule has 5 aromatic rings. The molecule has 2 aliphatic carbocycles. The molecule has 1 fully saturated rings. The van der Waals surface area contributed by atoms with Gasteiger partial charge in [0, 0.05) is 27.3 Å². The van der Waals surface area contributed by atoms with E-state index < -0.39 is 0 Å². The molecule has 0 spiro atoms. The van der Waals surface area contributed by atoms with Gasteiger partial charge >= 0.3 is 0 Å². The monoisotopic (exact) mass is 517 g/mol. The molecule has 0 N–H and O–H groups in total. The van der Waals surface area contributed by atoms with Gasteiger partial charge in [0.2, 0.25) is 11.4 Å². The molecule has 0 unspecified atom stereocenters. The summed E-state index contributed by atoms with van der Waals surface area (Å²) in [5, 5.41) is 3.40. The van der Waals surface area contributed by atoms with Gasteiger partial charge in [-0.25, -0.2) is 9.55 Å². The quantitative estimate of drug-likeness (QED) is 0.218. The van der Waals surface area contributed by atoms with Gasteiger partial charge in [-0.15, -0.1) is 0 Å². The van der Waals surface area contributed by atoms with E-state index in [4.69, 9.17) is 9.40 Å². The lowest BCUT2D eigenvalue weighted by molar-refractivity contribution is -0.661. The van der Waals surface area contributed by atoms with E-state index in [9.17, 15) is 0 Å². The van der Waals surface area contributed by atoms with Crippen LogP contribution in [0.3, 0.4) is 0 Å². The maximum Gasteiger partial charge on any atom is 0.227 e. The lowest BCUT2D eigenvalue weighted by Gasteiger charge is -2.44. The molecule has 3 heterocycles. The molecule has 200 valence electrons. The first-order valence-electron chi connectivity index (χ1n) is 15.0. The van der Waals surface area contributed by atoms with Gasteiger partial charge in [-0.05, 0) is 72.6 Å². The first-order chi connectivity index (χ1) is 18.7. The Labute approximate surface area is 232 Å². The van der Waals surface area contributed by atoms with E-state index >= 15 is 0 Å². The number of aryl methyl sites for hydroxylation is 2. The Bertz CT molecular complexity index is 1760. The highest BCUT2D eigenvalue weighted by Gasteiger charge is 2.46. The van der Waals surface area contributed by atoms with Gasteiger partial charge in [0.05, 0.1) is 11.1 Å². The zero-order chi connectivity index (χ0) is 27.1. The zero-order valence-corrected chi connectivity index (χ0v) is 24.4. The maximum atomic E-state index is 6.72. The first kappa shape index (κ1) is 24.8. The van der Waals surface area contributed by atoms with E-state index in [1.807, 2.05) is 6.07 Å². The SMILES string of the molecule is Cc1ccc2c(oc3nc4ccccc4cc32)c1-c1c2c(c(C3CCCCC3)c[n+]1C)C(C)(C)CCC2(C)C. The lowest BCUT2D eigenvalue weighted by Crippen LogP contribution is -2.43. The Morgan fingerprint density at radius 1 is 0.872 bits per heavy atom. The molecule has 1 saturated carbocycles. The number of fused-ring (bicyclic) bond motifs is 5. The number of furan rings is 1. The van der Waals surface area contributed by atoms with Crippen molar-refractivity contribution in [2.45, 2.75) is 96.3 Å². The van der Waals surface area contributed by atoms with Crippen molar-refractivity contribution in [3.8, 4) is 11.3 Å². The van der Waals surface area contributed by atoms with Gasteiger partial charge in [-0.3, -0.25) is 0 Å². The number of hydrogen-bond acceptors (Lipinski definition) is 2. The summed E-state index contributed by atoms with van der Waals surface area (Å²) in [6.45, 7) is 12.2. The molecule has 0 radical (unpaired) electrons. The smallest absolute Gasteiger partial charge is 0.227 e. The second kappa shape index (κ2) is 8.65. The van der Waals surface area contributed by atoms with E-state index in [1.54, 1.807) is 16.7 Å². The molecule has 7 rings (SSSR count). The maximum absolute atomic E-state index is 6.72. The minimum Gasteiger partial charge on any atom is -0.437 e. The molecular formula is C36H41N2O+. The summed E-state index contributed by atoms with van der Waals surface area (Å²) in [7, 11) is 2.27. The molecule has 0 saturated heterocycles. The highest BCUT2D eigenvalue weighted by molar-refractivity contribution is 6.11. The molecule has 0 aliphatic heterocycles. The van der Waals surface area contributed by atoms with E-state index in [2.05, 4.69) is 88.8 Å². The number of rotatable bonds is 2. The van der Waals surface area contributed by atoms with Crippen molar-refractivity contribution in [2.24, 2.45) is 7.05 Å². The summed E-state index contributed by atoms with van der Waals surface area (Å²) in [5.74, 6) is 0.667. The summed E-state index contributed by atoms with van der Waals surface area (Å²) >= 11 is 0. The van der Waals surface area contributed by atoms with Crippen molar-refractivity contribution in [3.63, 3.8) is 0 Å². The van der Waals surface area contributed by atoms with Crippen LogP contribution in [0.25, 0.3) is 44.2 Å². The summed E-state index contributed by atoms with van der Waals surface area (Å²) < 4.78 is 9.16. The normalized spacial score (nSPS) is 19.1. The third-order valence-corrected chi connectivity index (χ3v) is 10.0. The second-order valence-electron chi connectivity index (χ2n) is 13.7. The Morgan fingerprint density at radius 2 is 1.59 bits per heavy atom. The predicted molar refractivity (Wildman–Crippen MR) is 161 cm³/mol. The fraction of sp³-hybridized carbons (Fsp3) is 0.444. The summed E-state index contributed by atoms with van der Waals surface area (Å²) in [4.78, 5) is 4.94. The standard InChI is InChI=1S/C36H41N2O/c1-22-16-17-25-26-20-24-14-10-11-15-28(24)37-34(26)39-33(25)29(22)32-31-30(35(2,3)18-19-36(31,4)5)27(21-38(32)6)23-12-8-7-9-13-23/h10-11,14-17,20-21,23H,7-9,12-13,18-19H2,1-6H3/q+1. The third kappa shape index (κ3) is 3.76. The number of aromatic nitrogens is 2. The van der Waals surface area contributed by atoms with Gasteiger partial charge in [-0.2, -0.15) is 0 Å².